The van der Waals surface area contributed by atoms with E-state index in [1.54, 1.807) is 19.2 Å². The maximum Gasteiger partial charge on any atom is 0.422 e. The van der Waals surface area contributed by atoms with Crippen LogP contribution in [-0.2, 0) is 20.8 Å². The SMILES string of the molecule is CCOCCOC(=O)/C(C#N)=C(/NCc1cnc(OCC(F)(F)F)s1)SC. The van der Waals surface area contributed by atoms with E-state index in [1.807, 2.05) is 0 Å². The number of nitriles is 1. The van der Waals surface area contributed by atoms with Gasteiger partial charge in [0.2, 0.25) is 0 Å². The van der Waals surface area contributed by atoms with Crippen LogP contribution in [0.1, 0.15) is 11.8 Å². The van der Waals surface area contributed by atoms with Gasteiger partial charge in [0.05, 0.1) is 18.2 Å². The third-order valence-electron chi connectivity index (χ3n) is 2.73. The molecule has 0 spiro atoms. The van der Waals surface area contributed by atoms with E-state index in [0.717, 1.165) is 23.1 Å². The second-order valence-corrected chi connectivity index (χ2v) is 6.60. The zero-order chi connectivity index (χ0) is 20.3. The van der Waals surface area contributed by atoms with Crippen LogP contribution in [-0.4, -0.2) is 49.8 Å². The molecule has 1 aromatic rings. The number of alkyl halides is 3. The summed E-state index contributed by atoms with van der Waals surface area (Å²) in [5.74, 6) is -0.785. The molecule has 12 heteroatoms. The number of nitrogens with zero attached hydrogens (tertiary/aromatic N) is 2. The van der Waals surface area contributed by atoms with Crippen LogP contribution < -0.4 is 10.1 Å². The number of hydrogen-bond acceptors (Lipinski definition) is 9. The first-order valence-corrected chi connectivity index (χ1v) is 9.66. The van der Waals surface area contributed by atoms with Gasteiger partial charge < -0.3 is 19.5 Å². The summed E-state index contributed by atoms with van der Waals surface area (Å²) in [5, 5.41) is 12.3. The number of esters is 1. The van der Waals surface area contributed by atoms with Gasteiger partial charge in [-0.05, 0) is 13.2 Å². The summed E-state index contributed by atoms with van der Waals surface area (Å²) in [6.45, 7) is 1.27. The molecular formula is C15H18F3N3O4S2. The molecule has 0 saturated heterocycles. The Morgan fingerprint density at radius 1 is 1.44 bits per heavy atom. The van der Waals surface area contributed by atoms with E-state index in [0.29, 0.717) is 11.5 Å². The van der Waals surface area contributed by atoms with Gasteiger partial charge in [-0.3, -0.25) is 0 Å². The zero-order valence-electron chi connectivity index (χ0n) is 14.6. The molecule has 1 N–H and O–H groups in total. The van der Waals surface area contributed by atoms with Crippen molar-refractivity contribution in [1.82, 2.24) is 10.3 Å². The van der Waals surface area contributed by atoms with Crippen LogP contribution in [0.2, 0.25) is 0 Å². The van der Waals surface area contributed by atoms with Gasteiger partial charge in [0, 0.05) is 17.7 Å². The van der Waals surface area contributed by atoms with Gasteiger partial charge in [-0.25, -0.2) is 9.78 Å². The first-order valence-electron chi connectivity index (χ1n) is 7.62. The lowest BCUT2D eigenvalue weighted by Gasteiger charge is -2.10. The fourth-order valence-electron chi connectivity index (χ4n) is 1.61. The topological polar surface area (TPSA) is 93.5 Å². The summed E-state index contributed by atoms with van der Waals surface area (Å²) in [7, 11) is 0. The highest BCUT2D eigenvalue weighted by Crippen LogP contribution is 2.24. The van der Waals surface area contributed by atoms with Crippen LogP contribution in [0, 0.1) is 11.3 Å². The molecule has 0 fully saturated rings. The summed E-state index contributed by atoms with van der Waals surface area (Å²) in [5.41, 5.74) is -0.197. The number of ether oxygens (including phenoxy) is 3. The van der Waals surface area contributed by atoms with Crippen LogP contribution >= 0.6 is 23.1 Å². The molecule has 1 rings (SSSR count). The number of carbonyl (C=O) groups is 1. The van der Waals surface area contributed by atoms with Crippen LogP contribution in [0.25, 0.3) is 0 Å². The predicted octanol–water partition coefficient (Wildman–Crippen LogP) is 2.85. The normalized spacial score (nSPS) is 12.1. The third-order valence-corrected chi connectivity index (χ3v) is 4.39. The van der Waals surface area contributed by atoms with Crippen molar-refractivity contribution in [1.29, 1.82) is 5.26 Å². The highest BCUT2D eigenvalue weighted by molar-refractivity contribution is 8.02. The van der Waals surface area contributed by atoms with Gasteiger partial charge in [-0.2, -0.15) is 18.4 Å². The van der Waals surface area contributed by atoms with E-state index in [-0.39, 0.29) is 35.6 Å². The number of hydrogen-bond donors (Lipinski definition) is 1. The lowest BCUT2D eigenvalue weighted by molar-refractivity contribution is -0.153. The summed E-state index contributed by atoms with van der Waals surface area (Å²) < 4.78 is 51.0. The minimum Gasteiger partial charge on any atom is -0.460 e. The highest BCUT2D eigenvalue weighted by atomic mass is 32.2. The van der Waals surface area contributed by atoms with Crippen molar-refractivity contribution in [3.8, 4) is 11.3 Å². The molecule has 0 aromatic carbocycles. The maximum atomic E-state index is 12.1. The minimum absolute atomic E-state index is 0.0221. The minimum atomic E-state index is -4.44. The number of rotatable bonds is 11. The Balaban J connectivity index is 2.65. The molecule has 0 bridgehead atoms. The number of halogens is 3. The monoisotopic (exact) mass is 425 g/mol. The number of thioether (sulfide) groups is 1. The van der Waals surface area contributed by atoms with Crippen LogP contribution in [0.3, 0.4) is 0 Å². The Morgan fingerprint density at radius 3 is 2.78 bits per heavy atom. The van der Waals surface area contributed by atoms with E-state index in [2.05, 4.69) is 15.0 Å². The van der Waals surface area contributed by atoms with Crippen molar-refractivity contribution in [2.75, 3.05) is 32.7 Å². The van der Waals surface area contributed by atoms with Crippen molar-refractivity contribution >= 4 is 29.1 Å². The van der Waals surface area contributed by atoms with Crippen molar-refractivity contribution < 1.29 is 32.2 Å². The van der Waals surface area contributed by atoms with E-state index >= 15 is 0 Å². The predicted molar refractivity (Wildman–Crippen MR) is 94.1 cm³/mol. The van der Waals surface area contributed by atoms with Gasteiger partial charge in [0.25, 0.3) is 5.19 Å². The maximum absolute atomic E-state index is 12.1. The van der Waals surface area contributed by atoms with Gasteiger partial charge >= 0.3 is 12.1 Å². The quantitative estimate of drug-likeness (QED) is 0.250. The fraction of sp³-hybridized carbons (Fsp3) is 0.533. The van der Waals surface area contributed by atoms with E-state index < -0.39 is 18.8 Å². The molecule has 0 unspecified atom stereocenters. The highest BCUT2D eigenvalue weighted by Gasteiger charge is 2.29. The van der Waals surface area contributed by atoms with Crippen molar-refractivity contribution in [3.05, 3.63) is 21.7 Å². The number of carbonyl (C=O) groups excluding carboxylic acids is 1. The largest absolute Gasteiger partial charge is 0.460 e. The summed E-state index contributed by atoms with van der Waals surface area (Å²) >= 11 is 2.06. The van der Waals surface area contributed by atoms with Gasteiger partial charge in [-0.15, -0.1) is 11.8 Å². The average Bonchev–Trinajstić information content (AvgIpc) is 3.07. The number of thiazole rings is 1. The molecular weight excluding hydrogens is 407 g/mol. The Kier molecular flexibility index (Phi) is 9.98. The van der Waals surface area contributed by atoms with Crippen LogP contribution in [0.4, 0.5) is 13.2 Å². The average molecular weight is 425 g/mol. The summed E-state index contributed by atoms with van der Waals surface area (Å²) in [6, 6.07) is 1.79. The van der Waals surface area contributed by atoms with Crippen molar-refractivity contribution in [2.45, 2.75) is 19.6 Å². The third kappa shape index (κ3) is 8.98. The second kappa shape index (κ2) is 11.7. The van der Waals surface area contributed by atoms with Gasteiger partial charge in [-0.1, -0.05) is 11.3 Å². The molecule has 0 amide bonds. The lowest BCUT2D eigenvalue weighted by atomic mass is 10.3. The van der Waals surface area contributed by atoms with Crippen LogP contribution in [0.15, 0.2) is 16.8 Å². The second-order valence-electron chi connectivity index (χ2n) is 4.70. The Morgan fingerprint density at radius 2 is 2.19 bits per heavy atom. The Labute approximate surface area is 162 Å². The molecule has 1 aromatic heterocycles. The van der Waals surface area contributed by atoms with Crippen LogP contribution in [0.5, 0.6) is 5.19 Å². The molecule has 150 valence electrons. The lowest BCUT2D eigenvalue weighted by Crippen LogP contribution is -2.19. The standard InChI is InChI=1S/C15H18F3N3O4S2/c1-3-23-4-5-24-13(22)11(6-19)12(26-2)20-7-10-8-21-14(27-10)25-9-15(16,17)18/h8,20H,3-5,7,9H2,1-2H3/b12-11-. The molecule has 0 saturated carbocycles. The first kappa shape index (κ1) is 23.1. The molecule has 0 aliphatic rings. The van der Waals surface area contributed by atoms with Gasteiger partial charge in [0.1, 0.15) is 12.7 Å². The summed E-state index contributed by atoms with van der Waals surface area (Å²) in [4.78, 5) is 16.3. The smallest absolute Gasteiger partial charge is 0.422 e. The fourth-order valence-corrected chi connectivity index (χ4v) is 2.86. The molecule has 0 aliphatic carbocycles. The molecule has 0 atom stereocenters. The first-order chi connectivity index (χ1) is 12.8. The number of aromatic nitrogens is 1. The van der Waals surface area contributed by atoms with Crippen molar-refractivity contribution in [2.24, 2.45) is 0 Å². The van der Waals surface area contributed by atoms with E-state index in [4.69, 9.17) is 9.47 Å². The molecule has 1 heterocycles. The molecule has 27 heavy (non-hydrogen) atoms. The number of nitrogens with one attached hydrogen (secondary N) is 1. The van der Waals surface area contributed by atoms with Crippen molar-refractivity contribution in [3.63, 3.8) is 0 Å². The Hall–Kier alpha value is -1.97. The van der Waals surface area contributed by atoms with Gasteiger partial charge in [0.15, 0.2) is 12.2 Å². The zero-order valence-corrected chi connectivity index (χ0v) is 16.2. The molecule has 0 radical (unpaired) electrons. The van der Waals surface area contributed by atoms with E-state index in [1.165, 1.54) is 6.20 Å². The van der Waals surface area contributed by atoms with E-state index in [9.17, 15) is 23.2 Å². The molecule has 0 aliphatic heterocycles. The summed E-state index contributed by atoms with van der Waals surface area (Å²) in [6.07, 6.45) is -1.42. The molecule has 7 nitrogen and oxygen atoms in total. The Bertz CT molecular complexity index is 687.